The van der Waals surface area contributed by atoms with E-state index in [9.17, 15) is 0 Å². The maximum atomic E-state index is 5.89. The molecule has 2 saturated heterocycles. The molecule has 2 rings (SSSR count). The second kappa shape index (κ2) is 2.96. The first-order valence-corrected chi connectivity index (χ1v) is 5.41. The van der Waals surface area contributed by atoms with Crippen molar-refractivity contribution in [2.75, 3.05) is 19.7 Å². The lowest BCUT2D eigenvalue weighted by molar-refractivity contribution is 0.00438. The van der Waals surface area contributed by atoms with Gasteiger partial charge in [0.15, 0.2) is 0 Å². The van der Waals surface area contributed by atoms with Crippen molar-refractivity contribution in [2.45, 2.75) is 51.2 Å². The number of ether oxygens (including phenoxy) is 1. The van der Waals surface area contributed by atoms with Crippen LogP contribution in [0.5, 0.6) is 0 Å². The van der Waals surface area contributed by atoms with Crippen molar-refractivity contribution in [1.29, 1.82) is 0 Å². The van der Waals surface area contributed by atoms with Crippen molar-refractivity contribution in [3.05, 3.63) is 0 Å². The summed E-state index contributed by atoms with van der Waals surface area (Å²) in [5.74, 6) is 0. The lowest BCUT2D eigenvalue weighted by atomic mass is 9.99. The van der Waals surface area contributed by atoms with Gasteiger partial charge in [-0.15, -0.1) is 0 Å². The van der Waals surface area contributed by atoms with Crippen molar-refractivity contribution < 1.29 is 4.74 Å². The molecule has 0 amide bonds. The van der Waals surface area contributed by atoms with E-state index in [1.807, 2.05) is 0 Å². The largest absolute Gasteiger partial charge is 0.374 e. The molecule has 0 N–H and O–H groups in total. The first kappa shape index (κ1) is 9.47. The summed E-state index contributed by atoms with van der Waals surface area (Å²) < 4.78 is 5.89. The van der Waals surface area contributed by atoms with Gasteiger partial charge in [0.1, 0.15) is 0 Å². The molecule has 2 fully saturated rings. The lowest BCUT2D eigenvalue weighted by Gasteiger charge is -2.33. The normalized spacial score (nSPS) is 36.2. The van der Waals surface area contributed by atoms with Crippen LogP contribution in [-0.2, 0) is 4.74 Å². The molecule has 76 valence electrons. The highest BCUT2D eigenvalue weighted by Gasteiger charge is 2.44. The molecule has 0 bridgehead atoms. The number of hydrogen-bond donors (Lipinski definition) is 0. The Morgan fingerprint density at radius 3 is 2.46 bits per heavy atom. The number of likely N-dealkylation sites (tertiary alicyclic amines) is 1. The van der Waals surface area contributed by atoms with Gasteiger partial charge in [-0.05, 0) is 40.0 Å². The van der Waals surface area contributed by atoms with Crippen molar-refractivity contribution in [3.63, 3.8) is 0 Å². The fourth-order valence-corrected chi connectivity index (χ4v) is 2.49. The Labute approximate surface area is 81.3 Å². The highest BCUT2D eigenvalue weighted by atomic mass is 16.5. The maximum absolute atomic E-state index is 5.89. The third-order valence-electron chi connectivity index (χ3n) is 3.45. The summed E-state index contributed by atoms with van der Waals surface area (Å²) in [5, 5.41) is 0. The molecular formula is C11H21NO. The molecule has 2 nitrogen and oxygen atoms in total. The first-order valence-electron chi connectivity index (χ1n) is 5.41. The number of nitrogens with zero attached hydrogens (tertiary/aromatic N) is 1. The third-order valence-corrected chi connectivity index (χ3v) is 3.45. The molecule has 0 saturated carbocycles. The first-order chi connectivity index (χ1) is 6.02. The predicted octanol–water partition coefficient (Wildman–Crippen LogP) is 2.04. The van der Waals surface area contributed by atoms with Gasteiger partial charge >= 0.3 is 0 Å². The van der Waals surface area contributed by atoms with Gasteiger partial charge in [0.05, 0.1) is 5.60 Å². The standard InChI is InChI=1S/C11H21NO/c1-10(2,3)12-7-6-11(9-12)5-4-8-13-11/h4-9H2,1-3H3. The Hall–Kier alpha value is -0.0800. The van der Waals surface area contributed by atoms with Gasteiger partial charge in [0, 0.05) is 25.2 Å². The number of hydrogen-bond acceptors (Lipinski definition) is 2. The Bertz CT molecular complexity index is 189. The topological polar surface area (TPSA) is 12.5 Å². The molecule has 1 spiro atoms. The zero-order chi connectivity index (χ0) is 9.53. The minimum absolute atomic E-state index is 0.243. The third kappa shape index (κ3) is 1.75. The molecule has 0 aromatic heterocycles. The van der Waals surface area contributed by atoms with E-state index in [4.69, 9.17) is 4.74 Å². The van der Waals surface area contributed by atoms with E-state index in [-0.39, 0.29) is 5.60 Å². The van der Waals surface area contributed by atoms with Crippen molar-refractivity contribution in [1.82, 2.24) is 4.90 Å². The highest BCUT2D eigenvalue weighted by Crippen LogP contribution is 2.37. The summed E-state index contributed by atoms with van der Waals surface area (Å²) in [7, 11) is 0. The Kier molecular flexibility index (Phi) is 2.16. The van der Waals surface area contributed by atoms with E-state index in [1.165, 1.54) is 25.8 Å². The molecule has 0 aromatic carbocycles. The molecule has 0 radical (unpaired) electrons. The Balaban J connectivity index is 2.01. The lowest BCUT2D eigenvalue weighted by Crippen LogP contribution is -2.42. The minimum Gasteiger partial charge on any atom is -0.374 e. The van der Waals surface area contributed by atoms with Crippen LogP contribution in [0.25, 0.3) is 0 Å². The summed E-state index contributed by atoms with van der Waals surface area (Å²) >= 11 is 0. The van der Waals surface area contributed by atoms with Gasteiger partial charge in [0.2, 0.25) is 0 Å². The fourth-order valence-electron chi connectivity index (χ4n) is 2.49. The summed E-state index contributed by atoms with van der Waals surface area (Å²) in [6, 6.07) is 0. The molecular weight excluding hydrogens is 162 g/mol. The van der Waals surface area contributed by atoms with E-state index >= 15 is 0 Å². The Morgan fingerprint density at radius 2 is 2.00 bits per heavy atom. The Morgan fingerprint density at radius 1 is 1.23 bits per heavy atom. The SMILES string of the molecule is CC(C)(C)N1CCC2(CCCO2)C1. The molecule has 13 heavy (non-hydrogen) atoms. The molecule has 0 aliphatic carbocycles. The van der Waals surface area contributed by atoms with E-state index in [1.54, 1.807) is 0 Å². The maximum Gasteiger partial charge on any atom is 0.0822 e. The van der Waals surface area contributed by atoms with Crippen LogP contribution in [0.3, 0.4) is 0 Å². The van der Waals surface area contributed by atoms with Gasteiger partial charge in [-0.25, -0.2) is 0 Å². The van der Waals surface area contributed by atoms with Crippen LogP contribution in [0.15, 0.2) is 0 Å². The average Bonchev–Trinajstić information content (AvgIpc) is 2.60. The molecule has 2 aliphatic heterocycles. The molecule has 2 heterocycles. The zero-order valence-electron chi connectivity index (χ0n) is 9.10. The van der Waals surface area contributed by atoms with Crippen LogP contribution < -0.4 is 0 Å². The van der Waals surface area contributed by atoms with E-state index in [0.717, 1.165) is 13.2 Å². The monoisotopic (exact) mass is 183 g/mol. The quantitative estimate of drug-likeness (QED) is 0.570. The van der Waals surface area contributed by atoms with Crippen molar-refractivity contribution in [3.8, 4) is 0 Å². The summed E-state index contributed by atoms with van der Waals surface area (Å²) in [6.45, 7) is 10.2. The van der Waals surface area contributed by atoms with Crippen LogP contribution in [0.2, 0.25) is 0 Å². The molecule has 1 unspecified atom stereocenters. The van der Waals surface area contributed by atoms with Crippen LogP contribution in [-0.4, -0.2) is 35.7 Å². The van der Waals surface area contributed by atoms with Crippen LogP contribution in [0.4, 0.5) is 0 Å². The highest BCUT2D eigenvalue weighted by molar-refractivity contribution is 4.97. The van der Waals surface area contributed by atoms with Crippen LogP contribution in [0.1, 0.15) is 40.0 Å². The van der Waals surface area contributed by atoms with Crippen LogP contribution >= 0.6 is 0 Å². The van der Waals surface area contributed by atoms with Gasteiger partial charge in [-0.3, -0.25) is 4.90 Å². The molecule has 2 heteroatoms. The van der Waals surface area contributed by atoms with Crippen molar-refractivity contribution >= 4 is 0 Å². The minimum atomic E-state index is 0.243. The second-order valence-electron chi connectivity index (χ2n) is 5.48. The average molecular weight is 183 g/mol. The van der Waals surface area contributed by atoms with E-state index < -0.39 is 0 Å². The van der Waals surface area contributed by atoms with E-state index in [2.05, 4.69) is 25.7 Å². The second-order valence-corrected chi connectivity index (χ2v) is 5.48. The predicted molar refractivity (Wildman–Crippen MR) is 53.9 cm³/mol. The van der Waals surface area contributed by atoms with E-state index in [0.29, 0.717) is 5.54 Å². The summed E-state index contributed by atoms with van der Waals surface area (Å²) in [5.41, 5.74) is 0.558. The summed E-state index contributed by atoms with van der Waals surface area (Å²) in [6.07, 6.45) is 3.78. The van der Waals surface area contributed by atoms with Crippen LogP contribution in [0, 0.1) is 0 Å². The fraction of sp³-hybridized carbons (Fsp3) is 1.00. The summed E-state index contributed by atoms with van der Waals surface area (Å²) in [4.78, 5) is 2.55. The smallest absolute Gasteiger partial charge is 0.0822 e. The van der Waals surface area contributed by atoms with Gasteiger partial charge in [-0.2, -0.15) is 0 Å². The van der Waals surface area contributed by atoms with Gasteiger partial charge < -0.3 is 4.74 Å². The number of rotatable bonds is 0. The molecule has 1 atom stereocenters. The van der Waals surface area contributed by atoms with Gasteiger partial charge in [-0.1, -0.05) is 0 Å². The van der Waals surface area contributed by atoms with Gasteiger partial charge in [0.25, 0.3) is 0 Å². The zero-order valence-corrected chi connectivity index (χ0v) is 9.10. The van der Waals surface area contributed by atoms with Crippen molar-refractivity contribution in [2.24, 2.45) is 0 Å². The molecule has 2 aliphatic rings. The molecule has 0 aromatic rings.